The first-order chi connectivity index (χ1) is 29.9. The van der Waals surface area contributed by atoms with Crippen molar-refractivity contribution in [3.63, 3.8) is 0 Å². The first-order valence-corrected chi connectivity index (χ1v) is 23.6. The van der Waals surface area contributed by atoms with E-state index in [-0.39, 0.29) is 87.9 Å². The fourth-order valence-corrected chi connectivity index (χ4v) is 11.3. The summed E-state index contributed by atoms with van der Waals surface area (Å²) in [6.07, 6.45) is 9.77. The Morgan fingerprint density at radius 1 is 0.585 bits per heavy atom. The Hall–Kier alpha value is -3.12. The van der Waals surface area contributed by atoms with Gasteiger partial charge in [-0.25, -0.2) is 0 Å². The molecule has 0 radical (unpaired) electrons. The van der Waals surface area contributed by atoms with Gasteiger partial charge in [-0.3, -0.25) is 9.59 Å². The van der Waals surface area contributed by atoms with Crippen molar-refractivity contribution >= 4 is 24.1 Å². The second kappa shape index (κ2) is 26.4. The minimum atomic E-state index is -0.626. The number of rotatable bonds is 8. The van der Waals surface area contributed by atoms with Gasteiger partial charge in [0.05, 0.1) is 55.3 Å². The van der Waals surface area contributed by atoms with Gasteiger partial charge >= 0.3 is 18.3 Å². The van der Waals surface area contributed by atoms with Gasteiger partial charge in [0.2, 0.25) is 0 Å². The van der Waals surface area contributed by atoms with Crippen LogP contribution in [0, 0.1) is 47.3 Å². The van der Waals surface area contributed by atoms with Crippen LogP contribution in [-0.2, 0) is 68.5 Å². The number of carbonyl (C=O) groups excluding carboxylic acids is 6. The molecule has 1 aromatic carbocycles. The highest BCUT2D eigenvalue weighted by molar-refractivity contribution is 5.76. The van der Waals surface area contributed by atoms with Crippen LogP contribution in [0.3, 0.4) is 0 Å². The molecule has 65 heavy (non-hydrogen) atoms. The zero-order valence-corrected chi connectivity index (χ0v) is 39.7. The van der Waals surface area contributed by atoms with Gasteiger partial charge in [-0.1, -0.05) is 114 Å². The smallest absolute Gasteiger partial charge is 0.373 e. The van der Waals surface area contributed by atoms with E-state index in [2.05, 4.69) is 69.2 Å². The summed E-state index contributed by atoms with van der Waals surface area (Å²) in [4.78, 5) is 56.8. The van der Waals surface area contributed by atoms with Gasteiger partial charge in [-0.2, -0.15) is 19.2 Å². The van der Waals surface area contributed by atoms with E-state index < -0.39 is 11.6 Å². The Labute approximate surface area is 390 Å². The van der Waals surface area contributed by atoms with E-state index in [4.69, 9.17) is 52.3 Å². The fourth-order valence-electron chi connectivity index (χ4n) is 11.3. The van der Waals surface area contributed by atoms with E-state index in [1.54, 1.807) is 6.92 Å². The van der Waals surface area contributed by atoms with Crippen molar-refractivity contribution in [2.75, 3.05) is 0 Å². The van der Waals surface area contributed by atoms with E-state index in [1.165, 1.54) is 0 Å². The zero-order chi connectivity index (χ0) is 46.6. The molecule has 6 saturated heterocycles. The first-order valence-electron chi connectivity index (χ1n) is 23.6. The number of ketones is 1. The maximum Gasteiger partial charge on any atom is 0.373 e. The summed E-state index contributed by atoms with van der Waals surface area (Å²) in [6, 6.07) is 9.80. The quantitative estimate of drug-likeness (QED) is 0.226. The van der Waals surface area contributed by atoms with Crippen LogP contribution >= 0.6 is 0 Å². The molecule has 2 spiro atoms. The van der Waals surface area contributed by atoms with Crippen LogP contribution in [0.25, 0.3) is 0 Å². The number of hydrogen-bond donors (Lipinski definition) is 0. The van der Waals surface area contributed by atoms with E-state index >= 15 is 0 Å². The Morgan fingerprint density at radius 3 is 1.35 bits per heavy atom. The molecule has 18 atom stereocenters. The summed E-state index contributed by atoms with van der Waals surface area (Å²) in [5.41, 5.74) is 0.996. The first kappa shape index (κ1) is 58.0. The highest BCUT2D eigenvalue weighted by atomic mass is 16.7. The van der Waals surface area contributed by atoms with E-state index in [1.807, 2.05) is 30.3 Å². The molecule has 13 nitrogen and oxygen atoms in total. The summed E-state index contributed by atoms with van der Waals surface area (Å²) in [5, 5.41) is 0. The number of esters is 1. The van der Waals surface area contributed by atoms with Gasteiger partial charge in [0, 0.05) is 32.1 Å². The predicted molar refractivity (Wildman–Crippen MR) is 244 cm³/mol. The van der Waals surface area contributed by atoms with Crippen molar-refractivity contribution in [2.45, 2.75) is 222 Å². The van der Waals surface area contributed by atoms with Gasteiger partial charge in [-0.15, -0.1) is 0 Å². The Morgan fingerprint density at radius 2 is 0.969 bits per heavy atom. The number of benzene rings is 1. The van der Waals surface area contributed by atoms with Crippen LogP contribution in [0.2, 0.25) is 0 Å². The molecule has 0 N–H and O–H groups in total. The standard InChI is InChI=1S/C27H40O5.C21H36O4.2CO2.2CH4/c1-6-22-17(2)12-24-26(30-22)19(4)15-27(32-24)14-18(3)20(5)23(31-27)13-25(28)29-16-21-10-8-7-9-11-21;1-7-17-12(2)8-19-20(23-17)14(4)11-21(25-19)10-13(3)16(6)18(24-21)9-15(5)22;2*2-1-3;;/h7-11,17-20,22-24,26H,6,12-16H2,1-5H3;12-14,16-20H,7-11H2,1-6H3;;;2*1H4/t17-,18+,19+,20+,22?,23+,24+,26+,27-;12-,13+,14+,16+,17?,18+,19+,20+,21-;;;;/m11..../s1. The molecule has 1 aromatic rings. The van der Waals surface area contributed by atoms with Crippen molar-refractivity contribution in [1.29, 1.82) is 0 Å². The van der Waals surface area contributed by atoms with E-state index in [0.717, 1.165) is 56.9 Å². The third-order valence-electron chi connectivity index (χ3n) is 14.9. The third kappa shape index (κ3) is 15.2. The van der Waals surface area contributed by atoms with Crippen molar-refractivity contribution in [2.24, 2.45) is 47.3 Å². The zero-order valence-electron chi connectivity index (χ0n) is 39.7. The highest BCUT2D eigenvalue weighted by Gasteiger charge is 2.56. The van der Waals surface area contributed by atoms with Crippen LogP contribution in [0.1, 0.15) is 161 Å². The van der Waals surface area contributed by atoms with Crippen LogP contribution in [0.4, 0.5) is 0 Å². The van der Waals surface area contributed by atoms with Crippen molar-refractivity contribution in [3.8, 4) is 0 Å². The molecule has 6 aliphatic heterocycles. The molecule has 0 amide bonds. The maximum atomic E-state index is 12.6. The molecule has 6 aliphatic rings. The van der Waals surface area contributed by atoms with Crippen molar-refractivity contribution in [1.82, 2.24) is 0 Å². The number of hydrogen-bond acceptors (Lipinski definition) is 13. The maximum absolute atomic E-state index is 12.6. The number of ether oxygens (including phenoxy) is 7. The second-order valence-corrected chi connectivity index (χ2v) is 19.8. The molecule has 0 bridgehead atoms. The highest BCUT2D eigenvalue weighted by Crippen LogP contribution is 2.51. The number of fused-ring (bicyclic) bond motifs is 2. The lowest BCUT2D eigenvalue weighted by atomic mass is 9.74. The molecule has 2 unspecified atom stereocenters. The molecule has 0 aliphatic carbocycles. The molecule has 370 valence electrons. The molecule has 7 rings (SSSR count). The normalized spacial score (nSPS) is 40.2. The lowest BCUT2D eigenvalue weighted by Gasteiger charge is -2.56. The minimum Gasteiger partial charge on any atom is -0.461 e. The topological polar surface area (TPSA) is 167 Å². The second-order valence-electron chi connectivity index (χ2n) is 19.8. The average molecular weight is 917 g/mol. The summed E-state index contributed by atoms with van der Waals surface area (Å²) in [5.74, 6) is 2.16. The monoisotopic (exact) mass is 917 g/mol. The Bertz CT molecular complexity index is 1650. The Balaban J connectivity index is 0.000000396. The molecular formula is C52H84O13. The van der Waals surface area contributed by atoms with Crippen LogP contribution in [0.5, 0.6) is 0 Å². The van der Waals surface area contributed by atoms with Gasteiger partial charge < -0.3 is 33.2 Å². The van der Waals surface area contributed by atoms with Gasteiger partial charge in [0.25, 0.3) is 0 Å². The van der Waals surface area contributed by atoms with Crippen molar-refractivity contribution < 1.29 is 61.9 Å². The summed E-state index contributed by atoms with van der Waals surface area (Å²) < 4.78 is 44.9. The molecule has 6 fully saturated rings. The van der Waals surface area contributed by atoms with Gasteiger partial charge in [-0.05, 0) is 85.5 Å². The van der Waals surface area contributed by atoms with E-state index in [9.17, 15) is 9.59 Å². The van der Waals surface area contributed by atoms with Crippen LogP contribution in [0.15, 0.2) is 30.3 Å². The van der Waals surface area contributed by atoms with Crippen LogP contribution in [-0.4, -0.2) is 84.5 Å². The fraction of sp³-hybridized carbons (Fsp3) is 0.808. The molecule has 6 heterocycles. The lowest BCUT2D eigenvalue weighted by molar-refractivity contribution is -0.369. The van der Waals surface area contributed by atoms with Gasteiger partial charge in [0.1, 0.15) is 12.4 Å². The summed E-state index contributed by atoms with van der Waals surface area (Å²) >= 11 is 0. The SMILES string of the molecule is C.C.CCC1O[C@@H]2[C@H](C[C@H]1C)O[C@]1(C[C@H](C)[C@H](C)[C@H](CC(=O)OCc3ccccc3)O1)C[C@@H]2C.CCC1O[C@@H]2[C@H](C[C@H]1C)O[C@]1(C[C@H](C)[C@H](C)[C@H](CC(C)=O)O1)C[C@@H]2C.O=C=O.O=C=O. The molecular weight excluding hydrogens is 833 g/mol. The third-order valence-corrected chi connectivity index (χ3v) is 14.9. The van der Waals surface area contributed by atoms with Gasteiger partial charge in [0.15, 0.2) is 11.6 Å². The number of carbonyl (C=O) groups is 2. The summed E-state index contributed by atoms with van der Waals surface area (Å²) in [6.45, 7) is 24.3. The summed E-state index contributed by atoms with van der Waals surface area (Å²) in [7, 11) is 0. The van der Waals surface area contributed by atoms with E-state index in [0.29, 0.717) is 66.7 Å². The number of Topliss-reactive ketones (excluding diaryl/α,β-unsaturated/α-hetero) is 1. The minimum absolute atomic E-state index is 0. The molecule has 0 aromatic heterocycles. The molecule has 0 saturated carbocycles. The van der Waals surface area contributed by atoms with Crippen LogP contribution < -0.4 is 0 Å². The lowest BCUT2D eigenvalue weighted by Crippen LogP contribution is -2.61. The van der Waals surface area contributed by atoms with Crippen molar-refractivity contribution in [3.05, 3.63) is 35.9 Å². The predicted octanol–water partition coefficient (Wildman–Crippen LogP) is 9.96. The molecule has 13 heteroatoms. The largest absolute Gasteiger partial charge is 0.461 e. The Kier molecular flexibility index (Phi) is 23.6. The average Bonchev–Trinajstić information content (AvgIpc) is 3.21.